The predicted octanol–water partition coefficient (Wildman–Crippen LogP) is 4.46. The molecule has 1 fully saturated rings. The second-order valence-electron chi connectivity index (χ2n) is 7.61. The molecule has 3 aromatic carbocycles. The van der Waals surface area contributed by atoms with Crippen molar-refractivity contribution in [3.05, 3.63) is 103 Å². The molecule has 0 atom stereocenters. The van der Waals surface area contributed by atoms with E-state index in [1.54, 1.807) is 48.7 Å². The van der Waals surface area contributed by atoms with Crippen LogP contribution in [0.5, 0.6) is 0 Å². The maximum Gasteiger partial charge on any atom is 0.339 e. The number of benzene rings is 3. The Morgan fingerprint density at radius 3 is 1.69 bits per heavy atom. The van der Waals surface area contributed by atoms with Crippen molar-refractivity contribution >= 4 is 39.2 Å². The molecule has 1 aliphatic heterocycles. The molecule has 1 aromatic heterocycles. The van der Waals surface area contributed by atoms with Crippen molar-refractivity contribution in [2.75, 3.05) is 8.61 Å². The molecule has 0 unspecified atom stereocenters. The van der Waals surface area contributed by atoms with E-state index in [9.17, 15) is 18.0 Å². The summed E-state index contributed by atoms with van der Waals surface area (Å²) in [5.41, 5.74) is 1.77. The molecule has 0 aliphatic carbocycles. The van der Waals surface area contributed by atoms with Crippen LogP contribution in [0.1, 0.15) is 0 Å². The highest BCUT2D eigenvalue weighted by molar-refractivity contribution is 7.95. The number of amides is 2. The molecule has 0 bridgehead atoms. The normalized spacial score (nSPS) is 16.2. The van der Waals surface area contributed by atoms with Gasteiger partial charge in [0.25, 0.3) is 11.8 Å². The fourth-order valence-corrected chi connectivity index (χ4v) is 5.39. The SMILES string of the molecule is O=C1C(N=Nc2[nH]ccc2-c2ccccc2)C(=O)N(c2ccccc2)S(=O)(=O)N1c1ccccc1. The van der Waals surface area contributed by atoms with Gasteiger partial charge in [-0.15, -0.1) is 5.11 Å². The molecule has 2 amide bonds. The molecule has 35 heavy (non-hydrogen) atoms. The van der Waals surface area contributed by atoms with Gasteiger partial charge in [0.2, 0.25) is 6.04 Å². The van der Waals surface area contributed by atoms with Gasteiger partial charge in [0, 0.05) is 11.8 Å². The molecule has 0 saturated carbocycles. The van der Waals surface area contributed by atoms with Crippen LogP contribution in [0, 0.1) is 0 Å². The minimum atomic E-state index is -4.57. The van der Waals surface area contributed by atoms with Crippen LogP contribution in [0.4, 0.5) is 17.2 Å². The molecule has 0 radical (unpaired) electrons. The number of aromatic nitrogens is 1. The van der Waals surface area contributed by atoms with E-state index in [0.29, 0.717) is 14.4 Å². The fourth-order valence-electron chi connectivity index (χ4n) is 3.79. The second-order valence-corrected chi connectivity index (χ2v) is 9.23. The van der Waals surface area contributed by atoms with Crippen molar-refractivity contribution in [1.82, 2.24) is 4.98 Å². The third kappa shape index (κ3) is 4.00. The average Bonchev–Trinajstić information content (AvgIpc) is 3.34. The number of carbonyl (C=O) groups excluding carboxylic acids is 2. The number of nitrogens with one attached hydrogen (secondary N) is 1. The Morgan fingerprint density at radius 1 is 0.686 bits per heavy atom. The van der Waals surface area contributed by atoms with Crippen molar-refractivity contribution in [2.45, 2.75) is 6.04 Å². The zero-order chi connectivity index (χ0) is 24.4. The molecular formula is C25H19N5O4S. The maximum atomic E-state index is 13.5. The Morgan fingerprint density at radius 2 is 1.17 bits per heavy atom. The lowest BCUT2D eigenvalue weighted by Gasteiger charge is -2.36. The smallest absolute Gasteiger partial charge is 0.339 e. The summed E-state index contributed by atoms with van der Waals surface area (Å²) in [5.74, 6) is -1.68. The molecule has 4 aromatic rings. The molecule has 1 N–H and O–H groups in total. The lowest BCUT2D eigenvalue weighted by Crippen LogP contribution is -2.62. The van der Waals surface area contributed by atoms with E-state index < -0.39 is 28.1 Å². The predicted molar refractivity (Wildman–Crippen MR) is 131 cm³/mol. The van der Waals surface area contributed by atoms with Gasteiger partial charge in [-0.1, -0.05) is 66.7 Å². The Balaban J connectivity index is 1.59. The number of anilines is 2. The number of nitrogens with zero attached hydrogens (tertiary/aromatic N) is 4. The monoisotopic (exact) mass is 485 g/mol. The van der Waals surface area contributed by atoms with Crippen LogP contribution >= 0.6 is 0 Å². The molecule has 174 valence electrons. The van der Waals surface area contributed by atoms with Gasteiger partial charge in [-0.2, -0.15) is 22.1 Å². The van der Waals surface area contributed by atoms with Crippen LogP contribution < -0.4 is 8.61 Å². The van der Waals surface area contributed by atoms with Gasteiger partial charge < -0.3 is 4.98 Å². The van der Waals surface area contributed by atoms with Gasteiger partial charge in [-0.25, -0.2) is 0 Å². The summed E-state index contributed by atoms with van der Waals surface area (Å²) in [6.45, 7) is 0. The van der Waals surface area contributed by atoms with E-state index in [2.05, 4.69) is 15.2 Å². The van der Waals surface area contributed by atoms with Gasteiger partial charge in [-0.05, 0) is 35.9 Å². The lowest BCUT2D eigenvalue weighted by atomic mass is 10.1. The lowest BCUT2D eigenvalue weighted by molar-refractivity contribution is -0.127. The van der Waals surface area contributed by atoms with Gasteiger partial charge >= 0.3 is 10.2 Å². The quantitative estimate of drug-likeness (QED) is 0.332. The zero-order valence-corrected chi connectivity index (χ0v) is 19.0. The third-order valence-electron chi connectivity index (χ3n) is 5.39. The molecule has 0 spiro atoms. The summed E-state index contributed by atoms with van der Waals surface area (Å²) in [5, 5.41) is 8.19. The van der Waals surface area contributed by atoms with Gasteiger partial charge in [0.15, 0.2) is 5.82 Å². The fraction of sp³-hybridized carbons (Fsp3) is 0.0400. The maximum absolute atomic E-state index is 13.5. The van der Waals surface area contributed by atoms with Crippen LogP contribution in [0.3, 0.4) is 0 Å². The highest BCUT2D eigenvalue weighted by atomic mass is 32.2. The highest BCUT2D eigenvalue weighted by Gasteiger charge is 2.51. The first-order valence-corrected chi connectivity index (χ1v) is 12.1. The molecule has 1 saturated heterocycles. The van der Waals surface area contributed by atoms with Crippen LogP contribution in [0.15, 0.2) is 113 Å². The number of rotatable bonds is 5. The summed E-state index contributed by atoms with van der Waals surface area (Å²) < 4.78 is 28.2. The first kappa shape index (κ1) is 22.2. The van der Waals surface area contributed by atoms with Crippen molar-refractivity contribution in [3.63, 3.8) is 0 Å². The van der Waals surface area contributed by atoms with Crippen molar-refractivity contribution in [1.29, 1.82) is 0 Å². The molecule has 1 aliphatic rings. The van der Waals surface area contributed by atoms with Crippen LogP contribution in [-0.4, -0.2) is 31.3 Å². The van der Waals surface area contributed by atoms with Crippen LogP contribution in [0.2, 0.25) is 0 Å². The molecule has 5 rings (SSSR count). The van der Waals surface area contributed by atoms with Gasteiger partial charge in [-0.3, -0.25) is 9.59 Å². The Hall–Kier alpha value is -4.57. The first-order chi connectivity index (χ1) is 17.0. The Kier molecular flexibility index (Phi) is 5.71. The summed E-state index contributed by atoms with van der Waals surface area (Å²) in [7, 11) is -4.57. The largest absolute Gasteiger partial charge is 0.345 e. The van der Waals surface area contributed by atoms with Crippen LogP contribution in [0.25, 0.3) is 11.1 Å². The van der Waals surface area contributed by atoms with E-state index in [1.807, 2.05) is 30.3 Å². The van der Waals surface area contributed by atoms with Gasteiger partial charge in [0.1, 0.15) is 0 Å². The minimum absolute atomic E-state index is 0.0935. The van der Waals surface area contributed by atoms with E-state index in [0.717, 1.165) is 11.1 Å². The highest BCUT2D eigenvalue weighted by Crippen LogP contribution is 2.33. The first-order valence-electron chi connectivity index (χ1n) is 10.7. The van der Waals surface area contributed by atoms with E-state index in [-0.39, 0.29) is 11.4 Å². The number of para-hydroxylation sites is 2. The topological polar surface area (TPSA) is 115 Å². The number of hydrogen-bond acceptors (Lipinski definition) is 6. The number of azo groups is 1. The van der Waals surface area contributed by atoms with E-state index >= 15 is 0 Å². The second kappa shape index (κ2) is 8.99. The number of hydrogen-bond donors (Lipinski definition) is 1. The standard InChI is InChI=1S/C25H19N5O4S/c31-24-22(27-28-23-21(16-17-26-23)18-10-4-1-5-11-18)25(32)30(20-14-8-3-9-15-20)35(33,34)29(24)19-12-6-2-7-13-19/h1-17,22,26H. The third-order valence-corrected chi connectivity index (χ3v) is 7.10. The number of H-pyrrole nitrogens is 1. The Bertz CT molecular complexity index is 1440. The minimum Gasteiger partial charge on any atom is -0.345 e. The molecule has 10 heteroatoms. The van der Waals surface area contributed by atoms with Gasteiger partial charge in [0.05, 0.1) is 11.4 Å². The summed E-state index contributed by atoms with van der Waals surface area (Å²) in [6, 6.07) is 25.2. The zero-order valence-electron chi connectivity index (χ0n) is 18.2. The van der Waals surface area contributed by atoms with E-state index in [4.69, 9.17) is 0 Å². The summed E-state index contributed by atoms with van der Waals surface area (Å²) in [4.78, 5) is 29.7. The summed E-state index contributed by atoms with van der Waals surface area (Å²) in [6.07, 6.45) is 1.66. The van der Waals surface area contributed by atoms with Crippen molar-refractivity contribution in [2.24, 2.45) is 10.2 Å². The molecular weight excluding hydrogens is 466 g/mol. The van der Waals surface area contributed by atoms with Crippen molar-refractivity contribution in [3.8, 4) is 11.1 Å². The molecule has 9 nitrogen and oxygen atoms in total. The molecule has 2 heterocycles. The number of carbonyl (C=O) groups is 2. The summed E-state index contributed by atoms with van der Waals surface area (Å²) >= 11 is 0. The average molecular weight is 486 g/mol. The Labute approximate surface area is 201 Å². The van der Waals surface area contributed by atoms with Crippen LogP contribution in [-0.2, 0) is 19.8 Å². The van der Waals surface area contributed by atoms with E-state index in [1.165, 1.54) is 24.3 Å². The van der Waals surface area contributed by atoms with Crippen molar-refractivity contribution < 1.29 is 18.0 Å². The number of aromatic amines is 1.